The highest BCUT2D eigenvalue weighted by Crippen LogP contribution is 2.38. The van der Waals surface area contributed by atoms with E-state index in [1.807, 2.05) is 25.1 Å². The van der Waals surface area contributed by atoms with E-state index in [4.69, 9.17) is 9.47 Å². The van der Waals surface area contributed by atoms with E-state index in [9.17, 15) is 4.79 Å². The second-order valence-electron chi connectivity index (χ2n) is 6.45. The van der Waals surface area contributed by atoms with E-state index in [0.717, 1.165) is 36.3 Å². The molecule has 0 spiro atoms. The van der Waals surface area contributed by atoms with Crippen molar-refractivity contribution in [3.05, 3.63) is 23.8 Å². The maximum Gasteiger partial charge on any atom is 0.223 e. The van der Waals surface area contributed by atoms with Gasteiger partial charge in [-0.15, -0.1) is 0 Å². The molecule has 128 valence electrons. The molecule has 1 fully saturated rings. The minimum absolute atomic E-state index is 0.0282. The molecular weight excluding hydrogens is 290 g/mol. The molecule has 0 aliphatic heterocycles. The fourth-order valence-electron chi connectivity index (χ4n) is 2.54. The molecule has 0 saturated heterocycles. The number of rotatable bonds is 9. The van der Waals surface area contributed by atoms with Gasteiger partial charge in [-0.05, 0) is 49.8 Å². The summed E-state index contributed by atoms with van der Waals surface area (Å²) < 4.78 is 11.6. The zero-order chi connectivity index (χ0) is 16.8. The van der Waals surface area contributed by atoms with Gasteiger partial charge in [0, 0.05) is 5.92 Å². The number of hydrogen-bond acceptors (Lipinski definition) is 3. The molecule has 1 aromatic rings. The first kappa shape index (κ1) is 17.6. The lowest BCUT2D eigenvalue weighted by Gasteiger charge is -2.18. The predicted molar refractivity (Wildman–Crippen MR) is 91.8 cm³/mol. The van der Waals surface area contributed by atoms with Crippen molar-refractivity contribution in [2.75, 3.05) is 13.2 Å². The summed E-state index contributed by atoms with van der Waals surface area (Å²) in [6.07, 6.45) is 2.91. The van der Waals surface area contributed by atoms with Gasteiger partial charge in [0.1, 0.15) is 0 Å². The van der Waals surface area contributed by atoms with E-state index in [2.05, 4.69) is 26.1 Å². The fourth-order valence-corrected chi connectivity index (χ4v) is 2.54. The zero-order valence-corrected chi connectivity index (χ0v) is 14.7. The molecule has 3 unspecified atom stereocenters. The Morgan fingerprint density at radius 1 is 1.22 bits per heavy atom. The van der Waals surface area contributed by atoms with Crippen molar-refractivity contribution < 1.29 is 14.3 Å². The minimum atomic E-state index is -0.0282. The van der Waals surface area contributed by atoms with Crippen molar-refractivity contribution in [1.82, 2.24) is 5.32 Å². The molecule has 1 aliphatic carbocycles. The van der Waals surface area contributed by atoms with Crippen molar-refractivity contribution in [3.8, 4) is 11.5 Å². The lowest BCUT2D eigenvalue weighted by molar-refractivity contribution is -0.123. The highest BCUT2D eigenvalue weighted by Gasteiger charge is 2.39. The number of carbonyl (C=O) groups is 1. The van der Waals surface area contributed by atoms with Crippen LogP contribution in [0.25, 0.3) is 0 Å². The van der Waals surface area contributed by atoms with Gasteiger partial charge >= 0.3 is 0 Å². The third-order valence-electron chi connectivity index (χ3n) is 4.20. The van der Waals surface area contributed by atoms with Gasteiger partial charge < -0.3 is 14.8 Å². The molecule has 0 aromatic heterocycles. The molecular formula is C19H29NO3. The van der Waals surface area contributed by atoms with Crippen LogP contribution in [0.5, 0.6) is 11.5 Å². The molecule has 2 rings (SSSR count). The average Bonchev–Trinajstić information content (AvgIpc) is 3.28. The smallest absolute Gasteiger partial charge is 0.223 e. The highest BCUT2D eigenvalue weighted by molar-refractivity contribution is 5.81. The van der Waals surface area contributed by atoms with Crippen LogP contribution in [0.15, 0.2) is 18.2 Å². The molecule has 4 heteroatoms. The van der Waals surface area contributed by atoms with Crippen molar-refractivity contribution in [1.29, 1.82) is 0 Å². The van der Waals surface area contributed by atoms with Crippen molar-refractivity contribution in [2.24, 2.45) is 11.8 Å². The molecule has 3 atom stereocenters. The van der Waals surface area contributed by atoms with Crippen LogP contribution >= 0.6 is 0 Å². The number of amides is 1. The Kier molecular flexibility index (Phi) is 6.31. The molecule has 1 N–H and O–H groups in total. The van der Waals surface area contributed by atoms with Gasteiger partial charge in [-0.3, -0.25) is 4.79 Å². The van der Waals surface area contributed by atoms with E-state index < -0.39 is 0 Å². The Morgan fingerprint density at radius 2 is 1.83 bits per heavy atom. The monoisotopic (exact) mass is 319 g/mol. The maximum absolute atomic E-state index is 12.1. The molecule has 4 nitrogen and oxygen atoms in total. The Morgan fingerprint density at radius 3 is 2.39 bits per heavy atom. The van der Waals surface area contributed by atoms with E-state index in [0.29, 0.717) is 19.1 Å². The Labute approximate surface area is 139 Å². The quantitative estimate of drug-likeness (QED) is 0.745. The number of hydrogen-bond donors (Lipinski definition) is 1. The maximum atomic E-state index is 12.1. The summed E-state index contributed by atoms with van der Waals surface area (Å²) in [5, 5.41) is 3.10. The van der Waals surface area contributed by atoms with Crippen molar-refractivity contribution in [3.63, 3.8) is 0 Å². The van der Waals surface area contributed by atoms with Crippen LogP contribution in [0.1, 0.15) is 58.6 Å². The average molecular weight is 319 g/mol. The van der Waals surface area contributed by atoms with Gasteiger partial charge in [0.05, 0.1) is 19.3 Å². The first-order valence-electron chi connectivity index (χ1n) is 8.76. The summed E-state index contributed by atoms with van der Waals surface area (Å²) in [5.41, 5.74) is 1.04. The number of benzene rings is 1. The molecule has 0 heterocycles. The van der Waals surface area contributed by atoms with Crippen molar-refractivity contribution >= 4 is 5.91 Å². The zero-order valence-electron chi connectivity index (χ0n) is 14.7. The molecule has 1 amide bonds. The summed E-state index contributed by atoms with van der Waals surface area (Å²) in [5.74, 6) is 2.42. The standard InChI is InChI=1S/C19H29NO3/c1-5-9-22-17-8-7-15(12-18(17)23-10-6-2)14(4)20-19(21)16-11-13(16)3/h7-8,12-14,16H,5-6,9-11H2,1-4H3,(H,20,21). The largest absolute Gasteiger partial charge is 0.490 e. The summed E-state index contributed by atoms with van der Waals surface area (Å²) >= 11 is 0. The molecule has 0 radical (unpaired) electrons. The molecule has 23 heavy (non-hydrogen) atoms. The van der Waals surface area contributed by atoms with Gasteiger partial charge in [0.15, 0.2) is 11.5 Å². The van der Waals surface area contributed by atoms with Gasteiger partial charge in [-0.1, -0.05) is 26.8 Å². The van der Waals surface area contributed by atoms with Gasteiger partial charge in [-0.25, -0.2) is 0 Å². The fraction of sp³-hybridized carbons (Fsp3) is 0.632. The summed E-state index contributed by atoms with van der Waals surface area (Å²) in [7, 11) is 0. The van der Waals surface area contributed by atoms with Gasteiger partial charge in [0.25, 0.3) is 0 Å². The van der Waals surface area contributed by atoms with Crippen LogP contribution in [-0.4, -0.2) is 19.1 Å². The SMILES string of the molecule is CCCOc1ccc(C(C)NC(=O)C2CC2C)cc1OCCC. The van der Waals surface area contributed by atoms with E-state index in [1.54, 1.807) is 0 Å². The summed E-state index contributed by atoms with van der Waals surface area (Å²) in [6.45, 7) is 9.62. The molecule has 0 bridgehead atoms. The highest BCUT2D eigenvalue weighted by atomic mass is 16.5. The van der Waals surface area contributed by atoms with E-state index in [1.165, 1.54) is 0 Å². The van der Waals surface area contributed by atoms with Crippen LogP contribution < -0.4 is 14.8 Å². The van der Waals surface area contributed by atoms with E-state index in [-0.39, 0.29) is 17.9 Å². The summed E-state index contributed by atoms with van der Waals surface area (Å²) in [6, 6.07) is 5.91. The minimum Gasteiger partial charge on any atom is -0.490 e. The van der Waals surface area contributed by atoms with Crippen LogP contribution in [0, 0.1) is 11.8 Å². The first-order chi connectivity index (χ1) is 11.1. The number of ether oxygens (including phenoxy) is 2. The van der Waals surface area contributed by atoms with Crippen LogP contribution in [0.3, 0.4) is 0 Å². The Bertz CT molecular complexity index is 529. The van der Waals surface area contributed by atoms with Gasteiger partial charge in [-0.2, -0.15) is 0 Å². The van der Waals surface area contributed by atoms with Crippen LogP contribution in [0.2, 0.25) is 0 Å². The molecule has 1 aliphatic rings. The Hall–Kier alpha value is -1.71. The third kappa shape index (κ3) is 4.88. The second-order valence-corrected chi connectivity index (χ2v) is 6.45. The Balaban J connectivity index is 2.06. The van der Waals surface area contributed by atoms with Crippen LogP contribution in [-0.2, 0) is 4.79 Å². The topological polar surface area (TPSA) is 47.6 Å². The van der Waals surface area contributed by atoms with Crippen LogP contribution in [0.4, 0.5) is 0 Å². The van der Waals surface area contributed by atoms with Gasteiger partial charge in [0.2, 0.25) is 5.91 Å². The first-order valence-corrected chi connectivity index (χ1v) is 8.76. The molecule has 1 aromatic carbocycles. The molecule has 1 saturated carbocycles. The van der Waals surface area contributed by atoms with Crippen molar-refractivity contribution in [2.45, 2.75) is 53.0 Å². The van der Waals surface area contributed by atoms with E-state index >= 15 is 0 Å². The second kappa shape index (κ2) is 8.23. The number of nitrogens with one attached hydrogen (secondary N) is 1. The lowest BCUT2D eigenvalue weighted by atomic mass is 10.1. The number of carbonyl (C=O) groups excluding carboxylic acids is 1. The lowest BCUT2D eigenvalue weighted by Crippen LogP contribution is -2.28. The normalized spacial score (nSPS) is 20.7. The third-order valence-corrected chi connectivity index (χ3v) is 4.20. The predicted octanol–water partition coefficient (Wildman–Crippen LogP) is 4.10. The summed E-state index contributed by atoms with van der Waals surface area (Å²) in [4.78, 5) is 12.1.